The second-order valence-corrected chi connectivity index (χ2v) is 5.44. The summed E-state index contributed by atoms with van der Waals surface area (Å²) in [6.07, 6.45) is 1.43. The zero-order chi connectivity index (χ0) is 14.4. The molecule has 0 aliphatic heterocycles. The molecule has 0 saturated carbocycles. The van der Waals surface area contributed by atoms with Crippen LogP contribution in [0.25, 0.3) is 0 Å². The molecule has 0 radical (unpaired) electrons. The number of hydrogen-bond donors (Lipinski definition) is 1. The number of carbonyl (C=O) groups excluding carboxylic acids is 1. The largest absolute Gasteiger partial charge is 0.393 e. The van der Waals surface area contributed by atoms with Gasteiger partial charge in [0, 0.05) is 29.6 Å². The molecule has 0 bridgehead atoms. The van der Waals surface area contributed by atoms with E-state index in [0.717, 1.165) is 6.42 Å². The van der Waals surface area contributed by atoms with Gasteiger partial charge < -0.3 is 10.6 Å². The maximum absolute atomic E-state index is 12.5. The molecule has 104 valence electrons. The second-order valence-electron chi connectivity index (χ2n) is 4.48. The Morgan fingerprint density at radius 1 is 1.42 bits per heavy atom. The van der Waals surface area contributed by atoms with Crippen LogP contribution in [0.3, 0.4) is 0 Å². The zero-order valence-corrected chi connectivity index (χ0v) is 12.8. The summed E-state index contributed by atoms with van der Waals surface area (Å²) < 4.78 is 0. The van der Waals surface area contributed by atoms with Gasteiger partial charge in [-0.15, -0.1) is 0 Å². The average Bonchev–Trinajstić information content (AvgIpc) is 2.38. The molecule has 1 aromatic rings. The predicted octanol–water partition coefficient (Wildman–Crippen LogP) is 3.26. The standard InChI is InChI=1S/C14H19ClN2OS/c1-3-10(2)17(9-8-13(16)19)14(18)11-4-6-12(15)7-5-11/h4-7,10H,3,8-9H2,1-2H3,(H2,16,19). The van der Waals surface area contributed by atoms with Crippen molar-refractivity contribution in [3.8, 4) is 0 Å². The third-order valence-electron chi connectivity index (χ3n) is 3.07. The fourth-order valence-electron chi connectivity index (χ4n) is 1.73. The molecule has 1 amide bonds. The van der Waals surface area contributed by atoms with E-state index in [9.17, 15) is 4.79 Å². The van der Waals surface area contributed by atoms with Gasteiger partial charge in [0.25, 0.3) is 5.91 Å². The third-order valence-corrected chi connectivity index (χ3v) is 3.53. The van der Waals surface area contributed by atoms with Crippen LogP contribution in [0, 0.1) is 0 Å². The van der Waals surface area contributed by atoms with E-state index in [1.165, 1.54) is 0 Å². The van der Waals surface area contributed by atoms with E-state index < -0.39 is 0 Å². The lowest BCUT2D eigenvalue weighted by molar-refractivity contribution is 0.0694. The fourth-order valence-corrected chi connectivity index (χ4v) is 1.95. The summed E-state index contributed by atoms with van der Waals surface area (Å²) in [4.78, 5) is 14.7. The van der Waals surface area contributed by atoms with Crippen molar-refractivity contribution >= 4 is 34.7 Å². The number of hydrogen-bond acceptors (Lipinski definition) is 2. The summed E-state index contributed by atoms with van der Waals surface area (Å²) in [5.41, 5.74) is 6.15. The van der Waals surface area contributed by atoms with Crippen LogP contribution >= 0.6 is 23.8 Å². The summed E-state index contributed by atoms with van der Waals surface area (Å²) in [6, 6.07) is 7.06. The number of halogens is 1. The first-order valence-corrected chi connectivity index (χ1v) is 7.09. The van der Waals surface area contributed by atoms with Crippen LogP contribution in [0.2, 0.25) is 5.02 Å². The Balaban J connectivity index is 2.87. The van der Waals surface area contributed by atoms with E-state index in [0.29, 0.717) is 28.5 Å². The number of nitrogens with zero attached hydrogens (tertiary/aromatic N) is 1. The average molecular weight is 299 g/mol. The van der Waals surface area contributed by atoms with Crippen LogP contribution in [0.15, 0.2) is 24.3 Å². The predicted molar refractivity (Wildman–Crippen MR) is 83.6 cm³/mol. The van der Waals surface area contributed by atoms with E-state index in [1.54, 1.807) is 24.3 Å². The quantitative estimate of drug-likeness (QED) is 0.820. The number of amides is 1. The SMILES string of the molecule is CCC(C)N(CCC(N)=S)C(=O)c1ccc(Cl)cc1. The zero-order valence-electron chi connectivity index (χ0n) is 11.2. The van der Waals surface area contributed by atoms with Gasteiger partial charge in [0.15, 0.2) is 0 Å². The highest BCUT2D eigenvalue weighted by Crippen LogP contribution is 2.14. The van der Waals surface area contributed by atoms with Crippen LogP contribution in [0.4, 0.5) is 0 Å². The third kappa shape index (κ3) is 4.80. The normalized spacial score (nSPS) is 11.9. The molecule has 0 aliphatic rings. The van der Waals surface area contributed by atoms with Gasteiger partial charge in [0.1, 0.15) is 0 Å². The second kappa shape index (κ2) is 7.46. The molecular formula is C14H19ClN2OS. The monoisotopic (exact) mass is 298 g/mol. The molecule has 0 spiro atoms. The molecule has 1 atom stereocenters. The molecule has 0 aliphatic carbocycles. The molecule has 2 N–H and O–H groups in total. The molecule has 1 rings (SSSR count). The summed E-state index contributed by atoms with van der Waals surface area (Å²) in [6.45, 7) is 4.62. The van der Waals surface area contributed by atoms with Crippen LogP contribution in [-0.4, -0.2) is 28.4 Å². The Morgan fingerprint density at radius 3 is 2.47 bits per heavy atom. The first-order valence-electron chi connectivity index (χ1n) is 6.30. The van der Waals surface area contributed by atoms with Gasteiger partial charge in [0.2, 0.25) is 0 Å². The summed E-state index contributed by atoms with van der Waals surface area (Å²) >= 11 is 10.7. The van der Waals surface area contributed by atoms with Gasteiger partial charge in [-0.2, -0.15) is 0 Å². The number of rotatable bonds is 6. The number of nitrogens with two attached hydrogens (primary N) is 1. The Hall–Kier alpha value is -1.13. The van der Waals surface area contributed by atoms with Gasteiger partial charge in [-0.05, 0) is 37.6 Å². The lowest BCUT2D eigenvalue weighted by Crippen LogP contribution is -2.40. The lowest BCUT2D eigenvalue weighted by Gasteiger charge is -2.28. The van der Waals surface area contributed by atoms with Crippen molar-refractivity contribution < 1.29 is 4.79 Å². The van der Waals surface area contributed by atoms with E-state index >= 15 is 0 Å². The highest BCUT2D eigenvalue weighted by atomic mass is 35.5. The minimum Gasteiger partial charge on any atom is -0.393 e. The van der Waals surface area contributed by atoms with Crippen LogP contribution in [0.1, 0.15) is 37.0 Å². The van der Waals surface area contributed by atoms with Crippen molar-refractivity contribution in [3.63, 3.8) is 0 Å². The molecular weight excluding hydrogens is 280 g/mol. The first kappa shape index (κ1) is 15.9. The van der Waals surface area contributed by atoms with Gasteiger partial charge in [-0.25, -0.2) is 0 Å². The van der Waals surface area contributed by atoms with Crippen LogP contribution < -0.4 is 5.73 Å². The Kier molecular flexibility index (Phi) is 6.25. The smallest absolute Gasteiger partial charge is 0.254 e. The molecule has 0 saturated heterocycles. The minimum atomic E-state index is -0.0118. The number of carbonyl (C=O) groups is 1. The molecule has 0 fully saturated rings. The Bertz CT molecular complexity index is 447. The van der Waals surface area contributed by atoms with Gasteiger partial charge in [0.05, 0.1) is 4.99 Å². The molecule has 5 heteroatoms. The van der Waals surface area contributed by atoms with E-state index in [-0.39, 0.29) is 11.9 Å². The maximum Gasteiger partial charge on any atom is 0.254 e. The van der Waals surface area contributed by atoms with E-state index in [2.05, 4.69) is 0 Å². The number of benzene rings is 1. The fraction of sp³-hybridized carbons (Fsp3) is 0.429. The van der Waals surface area contributed by atoms with Crippen molar-refractivity contribution in [2.24, 2.45) is 5.73 Å². The van der Waals surface area contributed by atoms with Gasteiger partial charge in [-0.3, -0.25) is 4.79 Å². The van der Waals surface area contributed by atoms with Crippen molar-refractivity contribution in [1.29, 1.82) is 0 Å². The molecule has 0 aromatic heterocycles. The van der Waals surface area contributed by atoms with Crippen molar-refractivity contribution in [2.75, 3.05) is 6.54 Å². The molecule has 3 nitrogen and oxygen atoms in total. The van der Waals surface area contributed by atoms with Crippen LogP contribution in [-0.2, 0) is 0 Å². The summed E-state index contributed by atoms with van der Waals surface area (Å²) in [5.74, 6) is -0.0118. The lowest BCUT2D eigenvalue weighted by atomic mass is 10.1. The highest BCUT2D eigenvalue weighted by Gasteiger charge is 2.20. The van der Waals surface area contributed by atoms with E-state index in [4.69, 9.17) is 29.6 Å². The van der Waals surface area contributed by atoms with Crippen molar-refractivity contribution in [2.45, 2.75) is 32.7 Å². The highest BCUT2D eigenvalue weighted by molar-refractivity contribution is 7.80. The minimum absolute atomic E-state index is 0.0118. The van der Waals surface area contributed by atoms with Crippen molar-refractivity contribution in [3.05, 3.63) is 34.9 Å². The topological polar surface area (TPSA) is 46.3 Å². The summed E-state index contributed by atoms with van der Waals surface area (Å²) in [5, 5.41) is 0.620. The van der Waals surface area contributed by atoms with Crippen LogP contribution in [0.5, 0.6) is 0 Å². The van der Waals surface area contributed by atoms with Gasteiger partial charge in [-0.1, -0.05) is 30.7 Å². The Labute approximate surface area is 124 Å². The molecule has 19 heavy (non-hydrogen) atoms. The maximum atomic E-state index is 12.5. The Morgan fingerprint density at radius 2 is 2.00 bits per heavy atom. The van der Waals surface area contributed by atoms with Gasteiger partial charge >= 0.3 is 0 Å². The first-order chi connectivity index (χ1) is 8.95. The molecule has 0 heterocycles. The van der Waals surface area contributed by atoms with E-state index in [1.807, 2.05) is 18.7 Å². The summed E-state index contributed by atoms with van der Waals surface area (Å²) in [7, 11) is 0. The van der Waals surface area contributed by atoms with Crippen molar-refractivity contribution in [1.82, 2.24) is 4.90 Å². The molecule has 1 unspecified atom stereocenters. The number of thiocarbonyl (C=S) groups is 1. The molecule has 1 aromatic carbocycles.